The van der Waals surface area contributed by atoms with Gasteiger partial charge in [-0.1, -0.05) is 37.3 Å². The first-order valence-corrected chi connectivity index (χ1v) is 13.5. The molecule has 0 heterocycles. The lowest BCUT2D eigenvalue weighted by molar-refractivity contribution is -0.140. The number of nitrogens with zero attached hydrogens (tertiary/aromatic N) is 2. The van der Waals surface area contributed by atoms with Crippen LogP contribution in [-0.2, 0) is 26.2 Å². The molecule has 0 fully saturated rings. The number of amides is 2. The Labute approximate surface area is 224 Å². The Kier molecular flexibility index (Phi) is 9.72. The maximum absolute atomic E-state index is 13.9. The van der Waals surface area contributed by atoms with Crippen molar-refractivity contribution >= 4 is 27.5 Å². The van der Waals surface area contributed by atoms with Gasteiger partial charge in [0.05, 0.1) is 24.8 Å². The summed E-state index contributed by atoms with van der Waals surface area (Å²) in [5.41, 5.74) is 1.03. The van der Waals surface area contributed by atoms with E-state index in [1.807, 2.05) is 6.07 Å². The van der Waals surface area contributed by atoms with Crippen LogP contribution in [0.25, 0.3) is 0 Å². The van der Waals surface area contributed by atoms with E-state index in [0.29, 0.717) is 17.9 Å². The van der Waals surface area contributed by atoms with E-state index in [2.05, 4.69) is 5.32 Å². The number of ether oxygens (including phenoxy) is 2. The third-order valence-corrected chi connectivity index (χ3v) is 7.88. The Morgan fingerprint density at radius 2 is 1.55 bits per heavy atom. The number of methoxy groups -OCH3 is 2. The molecule has 202 valence electrons. The first-order valence-electron chi connectivity index (χ1n) is 12.1. The SMILES string of the molecule is CC[C@@H](C(=O)NC)N(Cc1cccc(OC)c1)C(=O)CN(c1ccc(OC)cc1)S(=O)(=O)c1ccccc1. The van der Waals surface area contributed by atoms with Gasteiger partial charge in [-0.25, -0.2) is 8.42 Å². The minimum Gasteiger partial charge on any atom is -0.497 e. The quantitative estimate of drug-likeness (QED) is 0.378. The summed E-state index contributed by atoms with van der Waals surface area (Å²) < 4.78 is 39.1. The van der Waals surface area contributed by atoms with Gasteiger partial charge < -0.3 is 19.7 Å². The summed E-state index contributed by atoms with van der Waals surface area (Å²) in [7, 11) is 0.438. The molecular weight excluding hydrogens is 506 g/mol. The number of sulfonamides is 1. The number of benzene rings is 3. The molecule has 0 unspecified atom stereocenters. The number of hydrogen-bond donors (Lipinski definition) is 1. The van der Waals surface area contributed by atoms with E-state index >= 15 is 0 Å². The highest BCUT2D eigenvalue weighted by atomic mass is 32.2. The van der Waals surface area contributed by atoms with Crippen molar-refractivity contribution in [1.29, 1.82) is 0 Å². The highest BCUT2D eigenvalue weighted by Gasteiger charge is 2.33. The van der Waals surface area contributed by atoms with E-state index in [1.54, 1.807) is 74.7 Å². The fourth-order valence-electron chi connectivity index (χ4n) is 4.05. The van der Waals surface area contributed by atoms with E-state index in [9.17, 15) is 18.0 Å². The molecule has 1 N–H and O–H groups in total. The second kappa shape index (κ2) is 13.0. The van der Waals surface area contributed by atoms with Gasteiger partial charge in [0.2, 0.25) is 11.8 Å². The molecule has 0 bridgehead atoms. The Bertz CT molecular complexity index is 1330. The lowest BCUT2D eigenvalue weighted by Gasteiger charge is -2.33. The van der Waals surface area contributed by atoms with Crippen LogP contribution in [0.3, 0.4) is 0 Å². The van der Waals surface area contributed by atoms with E-state index in [1.165, 1.54) is 31.2 Å². The largest absolute Gasteiger partial charge is 0.497 e. The fraction of sp³-hybridized carbons (Fsp3) is 0.286. The Balaban J connectivity index is 2.05. The number of carbonyl (C=O) groups is 2. The summed E-state index contributed by atoms with van der Waals surface area (Å²) >= 11 is 0. The first-order chi connectivity index (χ1) is 18.2. The molecule has 0 aromatic heterocycles. The summed E-state index contributed by atoms with van der Waals surface area (Å²) in [6.45, 7) is 1.37. The molecule has 0 aliphatic carbocycles. The third kappa shape index (κ3) is 6.63. The number of hydrogen-bond acceptors (Lipinski definition) is 6. The molecule has 1 atom stereocenters. The van der Waals surface area contributed by atoms with Gasteiger partial charge in [-0.15, -0.1) is 0 Å². The molecule has 0 saturated carbocycles. The van der Waals surface area contributed by atoms with E-state index in [4.69, 9.17) is 9.47 Å². The van der Waals surface area contributed by atoms with Crippen molar-refractivity contribution in [2.75, 3.05) is 32.1 Å². The Hall–Kier alpha value is -4.05. The zero-order valence-corrected chi connectivity index (χ0v) is 22.8. The molecule has 0 saturated heterocycles. The zero-order valence-electron chi connectivity index (χ0n) is 22.0. The van der Waals surface area contributed by atoms with Gasteiger partial charge >= 0.3 is 0 Å². The molecule has 3 aromatic carbocycles. The number of likely N-dealkylation sites (N-methyl/N-ethyl adjacent to an activating group) is 1. The maximum Gasteiger partial charge on any atom is 0.264 e. The predicted molar refractivity (Wildman–Crippen MR) is 146 cm³/mol. The third-order valence-electron chi connectivity index (χ3n) is 6.09. The average Bonchev–Trinajstić information content (AvgIpc) is 2.96. The van der Waals surface area contributed by atoms with Crippen molar-refractivity contribution < 1.29 is 27.5 Å². The van der Waals surface area contributed by atoms with E-state index < -0.39 is 28.5 Å². The summed E-state index contributed by atoms with van der Waals surface area (Å²) in [5.74, 6) is 0.279. The number of nitrogens with one attached hydrogen (secondary N) is 1. The highest BCUT2D eigenvalue weighted by molar-refractivity contribution is 7.92. The summed E-state index contributed by atoms with van der Waals surface area (Å²) in [6.07, 6.45) is 0.337. The van der Waals surface area contributed by atoms with Crippen LogP contribution in [-0.4, -0.2) is 59.0 Å². The molecule has 0 aliphatic rings. The van der Waals surface area contributed by atoms with E-state index in [-0.39, 0.29) is 23.0 Å². The van der Waals surface area contributed by atoms with Gasteiger partial charge in [-0.2, -0.15) is 0 Å². The Morgan fingerprint density at radius 1 is 0.895 bits per heavy atom. The van der Waals surface area contributed by atoms with Gasteiger partial charge in [0.15, 0.2) is 0 Å². The molecule has 0 radical (unpaired) electrons. The monoisotopic (exact) mass is 539 g/mol. The predicted octanol–water partition coefficient (Wildman–Crippen LogP) is 3.45. The highest BCUT2D eigenvalue weighted by Crippen LogP contribution is 2.27. The van der Waals surface area contributed by atoms with Crippen LogP contribution in [0.2, 0.25) is 0 Å². The van der Waals surface area contributed by atoms with Crippen molar-refractivity contribution in [2.24, 2.45) is 0 Å². The van der Waals surface area contributed by atoms with E-state index in [0.717, 1.165) is 9.87 Å². The molecule has 9 nitrogen and oxygen atoms in total. The second-order valence-corrected chi connectivity index (χ2v) is 10.3. The van der Waals surface area contributed by atoms with Gasteiger partial charge in [0.1, 0.15) is 24.1 Å². The Morgan fingerprint density at radius 3 is 2.13 bits per heavy atom. The summed E-state index contributed by atoms with van der Waals surface area (Å²) in [4.78, 5) is 28.1. The molecule has 3 aromatic rings. The van der Waals surface area contributed by atoms with Gasteiger partial charge in [0, 0.05) is 13.6 Å². The molecule has 38 heavy (non-hydrogen) atoms. The minimum atomic E-state index is -4.12. The van der Waals surface area contributed by atoms with Crippen LogP contribution in [0.4, 0.5) is 5.69 Å². The van der Waals surface area contributed by atoms with Gasteiger partial charge in [-0.05, 0) is 60.5 Å². The number of carbonyl (C=O) groups excluding carboxylic acids is 2. The normalized spacial score (nSPS) is 11.8. The molecule has 2 amide bonds. The molecular formula is C28H33N3O6S. The average molecular weight is 540 g/mol. The van der Waals surface area contributed by atoms with Crippen molar-refractivity contribution in [3.63, 3.8) is 0 Å². The second-order valence-electron chi connectivity index (χ2n) is 8.43. The first kappa shape index (κ1) is 28.5. The van der Waals surface area contributed by atoms with Crippen LogP contribution < -0.4 is 19.1 Å². The topological polar surface area (TPSA) is 105 Å². The van der Waals surface area contributed by atoms with Crippen molar-refractivity contribution in [1.82, 2.24) is 10.2 Å². The smallest absolute Gasteiger partial charge is 0.264 e. The molecule has 10 heteroatoms. The van der Waals surface area contributed by atoms with Crippen molar-refractivity contribution in [3.8, 4) is 11.5 Å². The summed E-state index contributed by atoms with van der Waals surface area (Å²) in [6, 6.07) is 20.7. The van der Waals surface area contributed by atoms with Crippen LogP contribution in [0.15, 0.2) is 83.8 Å². The molecule has 0 aliphatic heterocycles. The number of anilines is 1. The molecule has 0 spiro atoms. The lowest BCUT2D eigenvalue weighted by Crippen LogP contribution is -2.51. The van der Waals surface area contributed by atoms with Gasteiger partial charge in [-0.3, -0.25) is 13.9 Å². The zero-order chi connectivity index (χ0) is 27.7. The van der Waals surface area contributed by atoms with Gasteiger partial charge in [0.25, 0.3) is 10.0 Å². The van der Waals surface area contributed by atoms with Crippen LogP contribution >= 0.6 is 0 Å². The lowest BCUT2D eigenvalue weighted by atomic mass is 10.1. The van der Waals surface area contributed by atoms with Crippen LogP contribution in [0, 0.1) is 0 Å². The number of rotatable bonds is 12. The van der Waals surface area contributed by atoms with Crippen LogP contribution in [0.5, 0.6) is 11.5 Å². The van der Waals surface area contributed by atoms with Crippen molar-refractivity contribution in [3.05, 3.63) is 84.4 Å². The van der Waals surface area contributed by atoms with Crippen LogP contribution in [0.1, 0.15) is 18.9 Å². The molecule has 3 rings (SSSR count). The minimum absolute atomic E-state index is 0.0429. The summed E-state index contributed by atoms with van der Waals surface area (Å²) in [5, 5.41) is 2.61. The standard InChI is InChI=1S/C28H33N3O6S/c1-5-26(28(33)29-2)30(19-21-10-9-11-24(18-21)37-4)27(32)20-31(22-14-16-23(36-3)17-15-22)38(34,35)25-12-7-6-8-13-25/h6-18,26H,5,19-20H2,1-4H3,(H,29,33)/t26-/m0/s1. The fourth-order valence-corrected chi connectivity index (χ4v) is 5.49. The maximum atomic E-state index is 13.9. The van der Waals surface area contributed by atoms with Crippen molar-refractivity contribution in [2.45, 2.75) is 30.8 Å².